The van der Waals surface area contributed by atoms with Gasteiger partial charge in [0.25, 0.3) is 5.91 Å². The molecule has 0 saturated carbocycles. The number of nitrogens with zero attached hydrogens (tertiary/aromatic N) is 1. The molecule has 1 aromatic rings. The molecule has 1 heterocycles. The minimum absolute atomic E-state index is 0.0429. The number of aliphatic carboxylic acids is 1. The summed E-state index contributed by atoms with van der Waals surface area (Å²) in [4.78, 5) is 37.2. The van der Waals surface area contributed by atoms with Crippen LogP contribution in [0.4, 0.5) is 0 Å². The summed E-state index contributed by atoms with van der Waals surface area (Å²) in [6.45, 7) is 6.59. The molecule has 3 N–H and O–H groups in total. The quantitative estimate of drug-likeness (QED) is 0.169. The summed E-state index contributed by atoms with van der Waals surface area (Å²) in [6.07, 6.45) is 8.41. The molecule has 0 spiro atoms. The Balaban J connectivity index is 2.15. The van der Waals surface area contributed by atoms with E-state index in [1.807, 2.05) is 26.0 Å². The Labute approximate surface area is 222 Å². The Morgan fingerprint density at radius 2 is 1.89 bits per heavy atom. The number of carbonyl (C=O) groups excluding carboxylic acids is 2. The lowest BCUT2D eigenvalue weighted by Crippen LogP contribution is -2.44. The number of carboxylic acid groups (broad SMARTS) is 1. The number of amides is 2. The van der Waals surface area contributed by atoms with Crippen molar-refractivity contribution in [3.05, 3.63) is 28.7 Å². The maximum atomic E-state index is 13.0. The van der Waals surface area contributed by atoms with Crippen molar-refractivity contribution in [1.29, 1.82) is 0 Å². The molecule has 0 aromatic heterocycles. The molecular formula is C26H36N2O6S2. The fourth-order valence-corrected chi connectivity index (χ4v) is 5.19. The van der Waals surface area contributed by atoms with E-state index in [1.54, 1.807) is 12.1 Å². The maximum absolute atomic E-state index is 13.0. The normalized spacial score (nSPS) is 16.3. The van der Waals surface area contributed by atoms with Crippen LogP contribution < -0.4 is 15.2 Å². The molecule has 1 aromatic carbocycles. The average molecular weight is 537 g/mol. The van der Waals surface area contributed by atoms with Crippen LogP contribution in [0.15, 0.2) is 23.1 Å². The Kier molecular flexibility index (Phi) is 12.2. The van der Waals surface area contributed by atoms with Gasteiger partial charge in [0.1, 0.15) is 10.4 Å². The lowest BCUT2D eigenvalue weighted by molar-refractivity contribution is -0.145. The zero-order valence-corrected chi connectivity index (χ0v) is 22.8. The number of benzene rings is 1. The first-order valence-electron chi connectivity index (χ1n) is 12.4. The number of thiocarbonyl (C=S) groups is 1. The number of ether oxygens (including phenoxy) is 2. The second-order valence-corrected chi connectivity index (χ2v) is 10.4. The van der Waals surface area contributed by atoms with Gasteiger partial charge in [0, 0.05) is 6.42 Å². The molecule has 2 rings (SSSR count). The molecule has 1 fully saturated rings. The van der Waals surface area contributed by atoms with Gasteiger partial charge < -0.3 is 20.3 Å². The number of rotatable bonds is 16. The highest BCUT2D eigenvalue weighted by molar-refractivity contribution is 8.26. The van der Waals surface area contributed by atoms with E-state index in [1.165, 1.54) is 25.7 Å². The number of carboxylic acids is 1. The first-order valence-corrected chi connectivity index (χ1v) is 13.6. The first kappa shape index (κ1) is 29.6. The molecule has 0 aliphatic carbocycles. The van der Waals surface area contributed by atoms with E-state index in [9.17, 15) is 19.5 Å². The SMILES string of the molecule is CCCCCCC[C@H](C)Oc1ccc(/C=C2/SC(=S)N([C@@H](CCC(N)=O)C(=O)O)C2=O)cc1OCC. The fourth-order valence-electron chi connectivity index (χ4n) is 3.83. The predicted octanol–water partition coefficient (Wildman–Crippen LogP) is 5.13. The van der Waals surface area contributed by atoms with E-state index in [0.717, 1.165) is 29.5 Å². The van der Waals surface area contributed by atoms with Crippen LogP contribution in [0.5, 0.6) is 11.5 Å². The van der Waals surface area contributed by atoms with Gasteiger partial charge in [0.2, 0.25) is 5.91 Å². The third-order valence-electron chi connectivity index (χ3n) is 5.69. The molecule has 10 heteroatoms. The van der Waals surface area contributed by atoms with Crippen LogP contribution in [-0.2, 0) is 14.4 Å². The summed E-state index contributed by atoms with van der Waals surface area (Å²) in [7, 11) is 0. The van der Waals surface area contributed by atoms with Crippen molar-refractivity contribution >= 4 is 52.2 Å². The van der Waals surface area contributed by atoms with Crippen molar-refractivity contribution in [3.8, 4) is 11.5 Å². The summed E-state index contributed by atoms with van der Waals surface area (Å²) in [6, 6.07) is 4.17. The summed E-state index contributed by atoms with van der Waals surface area (Å²) < 4.78 is 12.1. The van der Waals surface area contributed by atoms with Crippen molar-refractivity contribution in [1.82, 2.24) is 4.90 Å². The van der Waals surface area contributed by atoms with Gasteiger partial charge in [0.05, 0.1) is 17.6 Å². The topological polar surface area (TPSA) is 119 Å². The molecule has 0 radical (unpaired) electrons. The van der Waals surface area contributed by atoms with Crippen LogP contribution in [-0.4, -0.2) is 50.9 Å². The second kappa shape index (κ2) is 14.8. The van der Waals surface area contributed by atoms with Crippen molar-refractivity contribution in [3.63, 3.8) is 0 Å². The van der Waals surface area contributed by atoms with E-state index in [0.29, 0.717) is 28.6 Å². The lowest BCUT2D eigenvalue weighted by Gasteiger charge is -2.22. The maximum Gasteiger partial charge on any atom is 0.326 e. The predicted molar refractivity (Wildman–Crippen MR) is 146 cm³/mol. The largest absolute Gasteiger partial charge is 0.490 e. The van der Waals surface area contributed by atoms with Gasteiger partial charge in [-0.2, -0.15) is 0 Å². The zero-order valence-electron chi connectivity index (χ0n) is 21.2. The molecule has 0 bridgehead atoms. The number of unbranched alkanes of at least 4 members (excludes halogenated alkanes) is 4. The van der Waals surface area contributed by atoms with Gasteiger partial charge in [-0.1, -0.05) is 62.7 Å². The minimum atomic E-state index is -1.26. The number of nitrogens with two attached hydrogens (primary N) is 1. The van der Waals surface area contributed by atoms with Crippen LogP contribution in [0, 0.1) is 0 Å². The Morgan fingerprint density at radius 3 is 2.53 bits per heavy atom. The van der Waals surface area contributed by atoms with E-state index >= 15 is 0 Å². The zero-order chi connectivity index (χ0) is 26.7. The molecule has 198 valence electrons. The Morgan fingerprint density at radius 1 is 1.17 bits per heavy atom. The third kappa shape index (κ3) is 8.81. The van der Waals surface area contributed by atoms with E-state index < -0.39 is 23.8 Å². The highest BCUT2D eigenvalue weighted by Gasteiger charge is 2.40. The van der Waals surface area contributed by atoms with Gasteiger partial charge in [-0.15, -0.1) is 0 Å². The van der Waals surface area contributed by atoms with Crippen molar-refractivity contribution in [2.24, 2.45) is 5.73 Å². The molecule has 1 aliphatic rings. The van der Waals surface area contributed by atoms with Crippen LogP contribution >= 0.6 is 24.0 Å². The molecule has 2 atom stereocenters. The molecule has 1 aliphatic heterocycles. The second-order valence-electron chi connectivity index (χ2n) is 8.68. The summed E-state index contributed by atoms with van der Waals surface area (Å²) >= 11 is 6.31. The standard InChI is InChI=1S/C26H36N2O6S2/c1-4-6-7-8-9-10-17(3)34-20-13-11-18(15-21(20)33-5-2)16-22-24(30)28(26(35)36-22)19(25(31)32)12-14-23(27)29/h11,13,15-17,19H,4-10,12,14H2,1-3H3,(H2,27,29)(H,31,32)/b22-16+/t17-,19-/m0/s1. The van der Waals surface area contributed by atoms with Crippen molar-refractivity contribution in [2.45, 2.75) is 84.3 Å². The molecule has 36 heavy (non-hydrogen) atoms. The number of hydrogen-bond donors (Lipinski definition) is 2. The van der Waals surface area contributed by atoms with Gasteiger partial charge in [0.15, 0.2) is 11.5 Å². The molecule has 8 nitrogen and oxygen atoms in total. The molecule has 1 saturated heterocycles. The number of thioether (sulfide) groups is 1. The molecule has 2 amide bonds. The lowest BCUT2D eigenvalue weighted by atomic mass is 10.1. The Bertz CT molecular complexity index is 981. The van der Waals surface area contributed by atoms with Crippen molar-refractivity contribution < 1.29 is 29.0 Å². The highest BCUT2D eigenvalue weighted by atomic mass is 32.2. The van der Waals surface area contributed by atoms with E-state index in [4.69, 9.17) is 27.4 Å². The van der Waals surface area contributed by atoms with Gasteiger partial charge >= 0.3 is 5.97 Å². The highest BCUT2D eigenvalue weighted by Crippen LogP contribution is 2.37. The van der Waals surface area contributed by atoms with Crippen molar-refractivity contribution in [2.75, 3.05) is 6.61 Å². The average Bonchev–Trinajstić information content (AvgIpc) is 3.08. The minimum Gasteiger partial charge on any atom is -0.490 e. The monoisotopic (exact) mass is 536 g/mol. The van der Waals surface area contributed by atoms with Gasteiger partial charge in [-0.3, -0.25) is 14.5 Å². The number of primary amides is 1. The Hall–Kier alpha value is -2.59. The first-order chi connectivity index (χ1) is 17.2. The van der Waals surface area contributed by atoms with Crippen LogP contribution in [0.1, 0.15) is 77.7 Å². The van der Waals surface area contributed by atoms with E-state index in [2.05, 4.69) is 6.92 Å². The number of carbonyl (C=O) groups is 3. The summed E-state index contributed by atoms with van der Waals surface area (Å²) in [5.41, 5.74) is 5.85. The fraction of sp³-hybridized carbons (Fsp3) is 0.538. The van der Waals surface area contributed by atoms with Crippen LogP contribution in [0.2, 0.25) is 0 Å². The summed E-state index contributed by atoms with van der Waals surface area (Å²) in [5, 5.41) is 9.58. The smallest absolute Gasteiger partial charge is 0.326 e. The number of hydrogen-bond acceptors (Lipinski definition) is 7. The molecular weight excluding hydrogens is 500 g/mol. The van der Waals surface area contributed by atoms with Crippen LogP contribution in [0.25, 0.3) is 6.08 Å². The molecule has 0 unspecified atom stereocenters. The van der Waals surface area contributed by atoms with Crippen LogP contribution in [0.3, 0.4) is 0 Å². The summed E-state index contributed by atoms with van der Waals surface area (Å²) in [5.74, 6) is -1.19. The van der Waals surface area contributed by atoms with E-state index in [-0.39, 0.29) is 23.3 Å². The van der Waals surface area contributed by atoms with Gasteiger partial charge in [-0.25, -0.2) is 4.79 Å². The third-order valence-corrected chi connectivity index (χ3v) is 7.02. The van der Waals surface area contributed by atoms with Gasteiger partial charge in [-0.05, 0) is 56.9 Å².